The van der Waals surface area contributed by atoms with Crippen LogP contribution in [-0.2, 0) is 6.42 Å². The van der Waals surface area contributed by atoms with E-state index in [9.17, 15) is 0 Å². The number of H-pyrrole nitrogens is 1. The third-order valence-electron chi connectivity index (χ3n) is 1.77. The normalized spacial score (nSPS) is 10.4. The first-order chi connectivity index (χ1) is 6.74. The van der Waals surface area contributed by atoms with Crippen LogP contribution >= 0.6 is 39.7 Å². The molecule has 0 bridgehead atoms. The Morgan fingerprint density at radius 1 is 1.36 bits per heavy atom. The Morgan fingerprint density at radius 3 is 2.64 bits per heavy atom. The maximum atomic E-state index is 4.94. The van der Waals surface area contributed by atoms with E-state index in [-0.39, 0.29) is 0 Å². The highest BCUT2D eigenvalue weighted by atomic mass is 79.9. The molecule has 0 fully saturated rings. The number of hydrogen-bond acceptors (Lipinski definition) is 3. The maximum Gasteiger partial charge on any atom is 0.198 e. The highest BCUT2D eigenvalue weighted by Gasteiger charge is 1.99. The molecule has 0 aliphatic heterocycles. The van der Waals surface area contributed by atoms with Crippen LogP contribution < -0.4 is 0 Å². The van der Waals surface area contributed by atoms with E-state index in [2.05, 4.69) is 37.4 Å². The first kappa shape index (κ1) is 10.0. The van der Waals surface area contributed by atoms with Crippen molar-refractivity contribution < 1.29 is 0 Å². The van der Waals surface area contributed by atoms with Gasteiger partial charge in [-0.25, -0.2) is 4.98 Å². The summed E-state index contributed by atoms with van der Waals surface area (Å²) in [6, 6.07) is 8.19. The zero-order valence-electron chi connectivity index (χ0n) is 7.16. The van der Waals surface area contributed by atoms with Crippen molar-refractivity contribution in [2.45, 2.75) is 6.42 Å². The number of nitrogens with zero attached hydrogens (tertiary/aromatic N) is 1. The van der Waals surface area contributed by atoms with Gasteiger partial charge in [0.15, 0.2) is 3.95 Å². The van der Waals surface area contributed by atoms with Crippen molar-refractivity contribution >= 4 is 39.7 Å². The molecule has 0 saturated carbocycles. The molecule has 0 radical (unpaired) electrons. The van der Waals surface area contributed by atoms with E-state index in [4.69, 9.17) is 12.2 Å². The van der Waals surface area contributed by atoms with Gasteiger partial charge in [-0.1, -0.05) is 28.1 Å². The van der Waals surface area contributed by atoms with Crippen LogP contribution in [0.2, 0.25) is 0 Å². The van der Waals surface area contributed by atoms with Gasteiger partial charge in [-0.15, -0.1) is 0 Å². The Labute approximate surface area is 99.3 Å². The van der Waals surface area contributed by atoms with Crippen molar-refractivity contribution in [2.75, 3.05) is 0 Å². The fraction of sp³-hybridized carbons (Fsp3) is 0.111. The van der Waals surface area contributed by atoms with Gasteiger partial charge in [-0.3, -0.25) is 4.37 Å². The third kappa shape index (κ3) is 2.50. The molecule has 1 heterocycles. The minimum atomic E-state index is 0.664. The van der Waals surface area contributed by atoms with Gasteiger partial charge >= 0.3 is 0 Å². The van der Waals surface area contributed by atoms with Crippen LogP contribution in [0.15, 0.2) is 28.7 Å². The van der Waals surface area contributed by atoms with Crippen LogP contribution in [0.3, 0.4) is 0 Å². The second-order valence-corrected chi connectivity index (χ2v) is 5.19. The molecule has 0 spiro atoms. The summed E-state index contributed by atoms with van der Waals surface area (Å²) < 4.78 is 4.84. The van der Waals surface area contributed by atoms with E-state index >= 15 is 0 Å². The quantitative estimate of drug-likeness (QED) is 0.856. The molecule has 2 aromatic rings. The minimum absolute atomic E-state index is 0.664. The summed E-state index contributed by atoms with van der Waals surface area (Å²) in [5.41, 5.74) is 1.23. The monoisotopic (exact) mass is 286 g/mol. The molecule has 1 aromatic carbocycles. The molecular formula is C9H7BrN2S2. The van der Waals surface area contributed by atoms with Crippen molar-refractivity contribution in [2.24, 2.45) is 0 Å². The molecule has 0 atom stereocenters. The van der Waals surface area contributed by atoms with E-state index in [1.165, 1.54) is 17.1 Å². The van der Waals surface area contributed by atoms with E-state index in [1.54, 1.807) is 0 Å². The fourth-order valence-corrected chi connectivity index (χ4v) is 2.11. The molecule has 0 aliphatic rings. The Morgan fingerprint density at radius 2 is 2.07 bits per heavy atom. The Bertz CT molecular complexity index is 472. The molecular weight excluding hydrogens is 280 g/mol. The van der Waals surface area contributed by atoms with E-state index in [0.717, 1.165) is 16.7 Å². The average molecular weight is 287 g/mol. The molecule has 0 unspecified atom stereocenters. The lowest BCUT2D eigenvalue weighted by Crippen LogP contribution is -1.89. The van der Waals surface area contributed by atoms with Crippen LogP contribution in [0.5, 0.6) is 0 Å². The molecule has 5 heteroatoms. The van der Waals surface area contributed by atoms with E-state index in [1.807, 2.05) is 12.1 Å². The summed E-state index contributed by atoms with van der Waals surface area (Å²) in [7, 11) is 0. The van der Waals surface area contributed by atoms with Crippen LogP contribution in [0, 0.1) is 3.95 Å². The molecule has 14 heavy (non-hydrogen) atoms. The predicted octanol–water partition coefficient (Wildman–Crippen LogP) is 3.55. The van der Waals surface area contributed by atoms with Crippen molar-refractivity contribution in [3.05, 3.63) is 44.1 Å². The molecule has 0 saturated heterocycles. The molecule has 1 N–H and O–H groups in total. The Hall–Kier alpha value is -0.520. The summed E-state index contributed by atoms with van der Waals surface area (Å²) >= 11 is 9.73. The summed E-state index contributed by atoms with van der Waals surface area (Å²) in [6.45, 7) is 0. The van der Waals surface area contributed by atoms with E-state index < -0.39 is 0 Å². The summed E-state index contributed by atoms with van der Waals surface area (Å²) in [6.07, 6.45) is 0.806. The van der Waals surface area contributed by atoms with E-state index in [0.29, 0.717) is 3.95 Å². The number of benzene rings is 1. The van der Waals surface area contributed by atoms with Crippen molar-refractivity contribution in [3.8, 4) is 0 Å². The summed E-state index contributed by atoms with van der Waals surface area (Å²) in [4.78, 5) is 4.19. The highest BCUT2D eigenvalue weighted by molar-refractivity contribution is 9.10. The number of halogens is 1. The molecule has 72 valence electrons. The number of aromatic nitrogens is 2. The average Bonchev–Trinajstić information content (AvgIpc) is 2.56. The van der Waals surface area contributed by atoms with Crippen LogP contribution in [-0.4, -0.2) is 9.36 Å². The SMILES string of the molecule is S=c1nc(Cc2ccc(Br)cc2)[nH]s1. The Balaban J connectivity index is 2.19. The first-order valence-electron chi connectivity index (χ1n) is 4.03. The van der Waals surface area contributed by atoms with Crippen molar-refractivity contribution in [3.63, 3.8) is 0 Å². The standard InChI is InChI=1S/C9H7BrN2S2/c10-7-3-1-6(2-4-7)5-8-11-9(13)14-12-8/h1-4H,5H2,(H,11,12,13). The molecule has 0 amide bonds. The molecule has 0 aliphatic carbocycles. The minimum Gasteiger partial charge on any atom is -0.296 e. The van der Waals surface area contributed by atoms with Gasteiger partial charge in [0.05, 0.1) is 0 Å². The lowest BCUT2D eigenvalue weighted by Gasteiger charge is -1.97. The van der Waals surface area contributed by atoms with Gasteiger partial charge in [0, 0.05) is 10.9 Å². The second kappa shape index (κ2) is 4.33. The van der Waals surface area contributed by atoms with Gasteiger partial charge < -0.3 is 0 Å². The maximum absolute atomic E-state index is 4.94. The number of aromatic amines is 1. The zero-order valence-corrected chi connectivity index (χ0v) is 10.4. The molecule has 1 aromatic heterocycles. The van der Waals surface area contributed by atoms with Crippen LogP contribution in [0.1, 0.15) is 11.4 Å². The summed E-state index contributed by atoms with van der Waals surface area (Å²) in [5, 5.41) is 0. The van der Waals surface area contributed by atoms with Crippen molar-refractivity contribution in [1.82, 2.24) is 9.36 Å². The zero-order chi connectivity index (χ0) is 9.97. The molecule has 2 rings (SSSR count). The van der Waals surface area contributed by atoms with Crippen LogP contribution in [0.4, 0.5) is 0 Å². The van der Waals surface area contributed by atoms with Gasteiger partial charge in [0.25, 0.3) is 0 Å². The third-order valence-corrected chi connectivity index (χ3v) is 3.24. The molecule has 2 nitrogen and oxygen atoms in total. The Kier molecular flexibility index (Phi) is 3.10. The van der Waals surface area contributed by atoms with Gasteiger partial charge in [-0.05, 0) is 41.4 Å². The lowest BCUT2D eigenvalue weighted by molar-refractivity contribution is 1.03. The predicted molar refractivity (Wildman–Crippen MR) is 64.2 cm³/mol. The summed E-state index contributed by atoms with van der Waals surface area (Å²) in [5.74, 6) is 0.933. The number of nitrogens with one attached hydrogen (secondary N) is 1. The smallest absolute Gasteiger partial charge is 0.198 e. The largest absolute Gasteiger partial charge is 0.296 e. The fourth-order valence-electron chi connectivity index (χ4n) is 1.13. The van der Waals surface area contributed by atoms with Gasteiger partial charge in [-0.2, -0.15) is 0 Å². The second-order valence-electron chi connectivity index (χ2n) is 2.83. The number of rotatable bonds is 2. The van der Waals surface area contributed by atoms with Gasteiger partial charge in [0.1, 0.15) is 5.82 Å². The van der Waals surface area contributed by atoms with Crippen molar-refractivity contribution in [1.29, 1.82) is 0 Å². The number of hydrogen-bond donors (Lipinski definition) is 1. The lowest BCUT2D eigenvalue weighted by atomic mass is 10.1. The first-order valence-corrected chi connectivity index (χ1v) is 6.04. The van der Waals surface area contributed by atoms with Gasteiger partial charge in [0.2, 0.25) is 0 Å². The topological polar surface area (TPSA) is 28.7 Å². The van der Waals surface area contributed by atoms with Crippen LogP contribution in [0.25, 0.3) is 0 Å². The highest BCUT2D eigenvalue weighted by Crippen LogP contribution is 2.13.